The zero-order chi connectivity index (χ0) is 9.10. The molecule has 1 aliphatic rings. The van der Waals surface area contributed by atoms with Crippen molar-refractivity contribution in [1.29, 1.82) is 0 Å². The van der Waals surface area contributed by atoms with Crippen LogP contribution in [0.3, 0.4) is 0 Å². The van der Waals surface area contributed by atoms with Crippen LogP contribution in [0.25, 0.3) is 0 Å². The summed E-state index contributed by atoms with van der Waals surface area (Å²) in [6, 6.07) is 5.62. The average molecular weight is 176 g/mol. The summed E-state index contributed by atoms with van der Waals surface area (Å²) in [5.74, 6) is 0.947. The molecule has 1 heterocycles. The fourth-order valence-electron chi connectivity index (χ4n) is 1.61. The highest BCUT2D eigenvalue weighted by atomic mass is 16.5. The lowest BCUT2D eigenvalue weighted by Gasteiger charge is -2.06. The van der Waals surface area contributed by atoms with Gasteiger partial charge < -0.3 is 4.74 Å². The molecule has 0 aliphatic carbocycles. The van der Waals surface area contributed by atoms with E-state index in [1.165, 1.54) is 5.56 Å². The highest BCUT2D eigenvalue weighted by molar-refractivity contribution is 5.75. The van der Waals surface area contributed by atoms with E-state index in [0.29, 0.717) is 0 Å². The second-order valence-electron chi connectivity index (χ2n) is 3.29. The first kappa shape index (κ1) is 8.30. The quantitative estimate of drug-likeness (QED) is 0.613. The van der Waals surface area contributed by atoms with Crippen LogP contribution in [-0.2, 0) is 6.42 Å². The number of ether oxygens (including phenoxy) is 1. The molecule has 1 aromatic carbocycles. The van der Waals surface area contributed by atoms with E-state index < -0.39 is 0 Å². The van der Waals surface area contributed by atoms with E-state index in [1.54, 1.807) is 6.07 Å². The molecule has 0 saturated heterocycles. The molecule has 2 nitrogen and oxygen atoms in total. The molecule has 0 unspecified atom stereocenters. The van der Waals surface area contributed by atoms with Gasteiger partial charge in [0.15, 0.2) is 0 Å². The highest BCUT2D eigenvalue weighted by Crippen LogP contribution is 2.24. The molecule has 0 aromatic heterocycles. The fourth-order valence-corrected chi connectivity index (χ4v) is 1.61. The lowest BCUT2D eigenvalue weighted by Crippen LogP contribution is -1.95. The SMILES string of the molecule is O=Cc1ccc2c(c1)CCCCO2. The van der Waals surface area contributed by atoms with Crippen LogP contribution in [0.5, 0.6) is 5.75 Å². The van der Waals surface area contributed by atoms with Gasteiger partial charge in [0, 0.05) is 5.56 Å². The molecular formula is C11H12O2. The van der Waals surface area contributed by atoms with Crippen LogP contribution in [0.15, 0.2) is 18.2 Å². The average Bonchev–Trinajstić information content (AvgIpc) is 2.41. The summed E-state index contributed by atoms with van der Waals surface area (Å²) in [7, 11) is 0. The van der Waals surface area contributed by atoms with Gasteiger partial charge in [0.1, 0.15) is 12.0 Å². The number of aryl methyl sites for hydroxylation is 1. The van der Waals surface area contributed by atoms with Crippen molar-refractivity contribution < 1.29 is 9.53 Å². The number of fused-ring (bicyclic) bond motifs is 1. The second kappa shape index (κ2) is 3.60. The van der Waals surface area contributed by atoms with Gasteiger partial charge in [-0.05, 0) is 43.0 Å². The van der Waals surface area contributed by atoms with Crippen molar-refractivity contribution in [2.45, 2.75) is 19.3 Å². The summed E-state index contributed by atoms with van der Waals surface area (Å²) < 4.78 is 5.53. The Labute approximate surface area is 77.5 Å². The van der Waals surface area contributed by atoms with Gasteiger partial charge in [-0.1, -0.05) is 0 Å². The lowest BCUT2D eigenvalue weighted by atomic mass is 10.1. The number of carbonyl (C=O) groups excluding carboxylic acids is 1. The van der Waals surface area contributed by atoms with Crippen molar-refractivity contribution >= 4 is 6.29 Å². The van der Waals surface area contributed by atoms with Crippen molar-refractivity contribution in [2.24, 2.45) is 0 Å². The maximum atomic E-state index is 10.5. The third-order valence-corrected chi connectivity index (χ3v) is 2.32. The smallest absolute Gasteiger partial charge is 0.150 e. The monoisotopic (exact) mass is 176 g/mol. The van der Waals surface area contributed by atoms with Gasteiger partial charge in [0.25, 0.3) is 0 Å². The first-order chi connectivity index (χ1) is 6.40. The van der Waals surface area contributed by atoms with Crippen LogP contribution < -0.4 is 4.74 Å². The Balaban J connectivity index is 2.37. The minimum Gasteiger partial charge on any atom is -0.493 e. The first-order valence-electron chi connectivity index (χ1n) is 4.61. The van der Waals surface area contributed by atoms with Crippen molar-refractivity contribution in [3.8, 4) is 5.75 Å². The second-order valence-corrected chi connectivity index (χ2v) is 3.29. The van der Waals surface area contributed by atoms with Crippen LogP contribution in [0, 0.1) is 0 Å². The first-order valence-corrected chi connectivity index (χ1v) is 4.61. The molecule has 0 fully saturated rings. The number of hydrogen-bond acceptors (Lipinski definition) is 2. The van der Waals surface area contributed by atoms with Crippen LogP contribution in [-0.4, -0.2) is 12.9 Å². The summed E-state index contributed by atoms with van der Waals surface area (Å²) in [6.07, 6.45) is 4.16. The van der Waals surface area contributed by atoms with Gasteiger partial charge >= 0.3 is 0 Å². The Morgan fingerprint density at radius 1 is 1.31 bits per heavy atom. The Morgan fingerprint density at radius 3 is 3.08 bits per heavy atom. The minimum atomic E-state index is 0.740. The maximum Gasteiger partial charge on any atom is 0.150 e. The van der Waals surface area contributed by atoms with Crippen LogP contribution in [0.2, 0.25) is 0 Å². The molecule has 68 valence electrons. The molecule has 0 radical (unpaired) electrons. The van der Waals surface area contributed by atoms with Crippen molar-refractivity contribution in [2.75, 3.05) is 6.61 Å². The zero-order valence-corrected chi connectivity index (χ0v) is 7.45. The molecular weight excluding hydrogens is 164 g/mol. The van der Waals surface area contributed by atoms with E-state index in [9.17, 15) is 4.79 Å². The van der Waals surface area contributed by atoms with Crippen molar-refractivity contribution in [3.63, 3.8) is 0 Å². The molecule has 1 aromatic rings. The molecule has 0 bridgehead atoms. The molecule has 1 aliphatic heterocycles. The minimum absolute atomic E-state index is 0.740. The van der Waals surface area contributed by atoms with Crippen molar-refractivity contribution in [3.05, 3.63) is 29.3 Å². The topological polar surface area (TPSA) is 26.3 Å². The standard InChI is InChI=1S/C11H12O2/c12-8-9-4-5-11-10(7-9)3-1-2-6-13-11/h4-5,7-8H,1-3,6H2. The largest absolute Gasteiger partial charge is 0.493 e. The Kier molecular flexibility index (Phi) is 2.30. The lowest BCUT2D eigenvalue weighted by molar-refractivity contribution is 0.112. The van der Waals surface area contributed by atoms with E-state index >= 15 is 0 Å². The molecule has 0 amide bonds. The summed E-state index contributed by atoms with van der Waals surface area (Å²) >= 11 is 0. The summed E-state index contributed by atoms with van der Waals surface area (Å²) in [4.78, 5) is 10.5. The van der Waals surface area contributed by atoms with Gasteiger partial charge in [-0.15, -0.1) is 0 Å². The summed E-state index contributed by atoms with van der Waals surface area (Å²) in [6.45, 7) is 0.799. The number of benzene rings is 1. The normalized spacial score (nSPS) is 15.4. The third-order valence-electron chi connectivity index (χ3n) is 2.32. The Hall–Kier alpha value is -1.31. The summed E-state index contributed by atoms with van der Waals surface area (Å²) in [5.41, 5.74) is 1.91. The third kappa shape index (κ3) is 1.72. The molecule has 0 atom stereocenters. The van der Waals surface area contributed by atoms with Crippen LogP contribution in [0.1, 0.15) is 28.8 Å². The van der Waals surface area contributed by atoms with E-state index in [-0.39, 0.29) is 0 Å². The molecule has 13 heavy (non-hydrogen) atoms. The van der Waals surface area contributed by atoms with Gasteiger partial charge in [-0.25, -0.2) is 0 Å². The number of carbonyl (C=O) groups is 1. The molecule has 2 heteroatoms. The highest BCUT2D eigenvalue weighted by Gasteiger charge is 2.08. The van der Waals surface area contributed by atoms with Gasteiger partial charge in [-0.3, -0.25) is 4.79 Å². The van der Waals surface area contributed by atoms with E-state index in [2.05, 4.69) is 0 Å². The number of aldehydes is 1. The van der Waals surface area contributed by atoms with Crippen molar-refractivity contribution in [1.82, 2.24) is 0 Å². The number of rotatable bonds is 1. The van der Waals surface area contributed by atoms with E-state index in [1.807, 2.05) is 12.1 Å². The van der Waals surface area contributed by atoms with E-state index in [4.69, 9.17) is 4.74 Å². The summed E-state index contributed by atoms with van der Waals surface area (Å²) in [5, 5.41) is 0. The maximum absolute atomic E-state index is 10.5. The Morgan fingerprint density at radius 2 is 2.23 bits per heavy atom. The predicted molar refractivity (Wildman–Crippen MR) is 50.3 cm³/mol. The molecule has 0 saturated carbocycles. The number of hydrogen-bond donors (Lipinski definition) is 0. The molecule has 0 spiro atoms. The predicted octanol–water partition coefficient (Wildman–Crippen LogP) is 2.21. The Bertz CT molecular complexity index is 318. The van der Waals surface area contributed by atoms with Gasteiger partial charge in [0.05, 0.1) is 6.61 Å². The molecule has 2 rings (SSSR count). The van der Waals surface area contributed by atoms with Crippen LogP contribution in [0.4, 0.5) is 0 Å². The van der Waals surface area contributed by atoms with Gasteiger partial charge in [0.2, 0.25) is 0 Å². The van der Waals surface area contributed by atoms with E-state index in [0.717, 1.165) is 43.5 Å². The molecule has 0 N–H and O–H groups in total. The zero-order valence-electron chi connectivity index (χ0n) is 7.45. The fraction of sp³-hybridized carbons (Fsp3) is 0.364. The van der Waals surface area contributed by atoms with Gasteiger partial charge in [-0.2, -0.15) is 0 Å². The van der Waals surface area contributed by atoms with Crippen LogP contribution >= 0.6 is 0 Å².